The third kappa shape index (κ3) is 31.6. The zero-order chi connectivity index (χ0) is 13.1. The predicted octanol–water partition coefficient (Wildman–Crippen LogP) is -0.579. The number of carboxylic acids is 4. The molecule has 0 aromatic rings. The van der Waals surface area contributed by atoms with Gasteiger partial charge in [-0.2, -0.15) is 0 Å². The molecule has 0 atom stereocenters. The molecule has 0 aromatic carbocycles. The first-order valence-electron chi connectivity index (χ1n) is 3.53. The number of aliphatic carboxylic acids is 4. The van der Waals surface area contributed by atoms with Crippen LogP contribution in [0.1, 0.15) is 0 Å². The molecule has 0 rings (SSSR count). The molecule has 9 heteroatoms. The van der Waals surface area contributed by atoms with Crippen molar-refractivity contribution < 1.29 is 56.1 Å². The normalized spacial score (nSPS) is 8.94. The van der Waals surface area contributed by atoms with Crippen LogP contribution in [0.15, 0.2) is 24.3 Å². The van der Waals surface area contributed by atoms with E-state index in [-0.39, 0.29) is 16.5 Å². The maximum atomic E-state index is 9.55. The van der Waals surface area contributed by atoms with E-state index in [0.717, 1.165) is 0 Å². The van der Waals surface area contributed by atoms with Crippen molar-refractivity contribution in [3.05, 3.63) is 24.3 Å². The van der Waals surface area contributed by atoms with Crippen molar-refractivity contribution in [2.45, 2.75) is 0 Å². The SMILES string of the molecule is O=C(O)/C=C\C(=O)O.O=C(O)/C=C\C(=O)O.[Ni]. The molecule has 0 saturated carbocycles. The molecule has 98 valence electrons. The zero-order valence-electron chi connectivity index (χ0n) is 8.05. The topological polar surface area (TPSA) is 149 Å². The molecular weight excluding hydrogens is 283 g/mol. The van der Waals surface area contributed by atoms with Gasteiger partial charge in [-0.15, -0.1) is 0 Å². The quantitative estimate of drug-likeness (QED) is 0.397. The minimum Gasteiger partial charge on any atom is -0.478 e. The maximum Gasteiger partial charge on any atom is 0.328 e. The molecule has 0 aliphatic rings. The van der Waals surface area contributed by atoms with Crippen LogP contribution in [0, 0.1) is 0 Å². The minimum atomic E-state index is -1.26. The van der Waals surface area contributed by atoms with E-state index in [1.807, 2.05) is 0 Å². The smallest absolute Gasteiger partial charge is 0.328 e. The molecule has 0 heterocycles. The molecule has 0 aliphatic heterocycles. The van der Waals surface area contributed by atoms with E-state index in [9.17, 15) is 19.2 Å². The summed E-state index contributed by atoms with van der Waals surface area (Å²) in [5, 5.41) is 31.2. The van der Waals surface area contributed by atoms with Gasteiger partial charge in [-0.25, -0.2) is 19.2 Å². The molecule has 0 amide bonds. The van der Waals surface area contributed by atoms with E-state index in [0.29, 0.717) is 24.3 Å². The summed E-state index contributed by atoms with van der Waals surface area (Å²) < 4.78 is 0. The number of carboxylic acid groups (broad SMARTS) is 4. The van der Waals surface area contributed by atoms with E-state index in [1.54, 1.807) is 0 Å². The Morgan fingerprint density at radius 3 is 0.706 bits per heavy atom. The van der Waals surface area contributed by atoms with Crippen molar-refractivity contribution in [3.63, 3.8) is 0 Å². The number of rotatable bonds is 4. The molecule has 0 radical (unpaired) electrons. The van der Waals surface area contributed by atoms with E-state index >= 15 is 0 Å². The van der Waals surface area contributed by atoms with Gasteiger partial charge < -0.3 is 20.4 Å². The molecule has 8 nitrogen and oxygen atoms in total. The Bertz CT molecular complexity index is 277. The van der Waals surface area contributed by atoms with Gasteiger partial charge in [0.2, 0.25) is 0 Å². The van der Waals surface area contributed by atoms with E-state index in [4.69, 9.17) is 20.4 Å². The van der Waals surface area contributed by atoms with Crippen molar-refractivity contribution in [3.8, 4) is 0 Å². The fraction of sp³-hybridized carbons (Fsp3) is 0. The second kappa shape index (κ2) is 11.9. The van der Waals surface area contributed by atoms with E-state index < -0.39 is 23.9 Å². The van der Waals surface area contributed by atoms with Crippen molar-refractivity contribution >= 4 is 23.9 Å². The minimum absolute atomic E-state index is 0. The Labute approximate surface area is 105 Å². The first kappa shape index (κ1) is 20.3. The Hall–Kier alpha value is -2.15. The molecule has 17 heavy (non-hydrogen) atoms. The molecular formula is C8H8NiO8. The second-order valence-corrected chi connectivity index (χ2v) is 2.02. The van der Waals surface area contributed by atoms with Crippen molar-refractivity contribution in [2.75, 3.05) is 0 Å². The van der Waals surface area contributed by atoms with Crippen LogP contribution < -0.4 is 0 Å². The molecule has 4 N–H and O–H groups in total. The van der Waals surface area contributed by atoms with E-state index in [1.165, 1.54) is 0 Å². The summed E-state index contributed by atoms with van der Waals surface area (Å²) in [6, 6.07) is 0. The van der Waals surface area contributed by atoms with E-state index in [2.05, 4.69) is 0 Å². The molecule has 0 aromatic heterocycles. The van der Waals surface area contributed by atoms with Crippen LogP contribution in [0.5, 0.6) is 0 Å². The Morgan fingerprint density at radius 2 is 0.647 bits per heavy atom. The summed E-state index contributed by atoms with van der Waals surface area (Å²) in [5.74, 6) is -5.03. The van der Waals surface area contributed by atoms with Crippen LogP contribution in [0.2, 0.25) is 0 Å². The molecule has 0 fully saturated rings. The first-order chi connectivity index (χ1) is 7.25. The van der Waals surface area contributed by atoms with Crippen LogP contribution in [0.25, 0.3) is 0 Å². The fourth-order valence-corrected chi connectivity index (χ4v) is 0.285. The fourth-order valence-electron chi connectivity index (χ4n) is 0.285. The van der Waals surface area contributed by atoms with Gasteiger partial charge in [0, 0.05) is 40.8 Å². The van der Waals surface area contributed by atoms with Crippen molar-refractivity contribution in [1.82, 2.24) is 0 Å². The monoisotopic (exact) mass is 290 g/mol. The third-order valence-electron chi connectivity index (χ3n) is 0.737. The van der Waals surface area contributed by atoms with Gasteiger partial charge in [-0.3, -0.25) is 0 Å². The molecule has 0 unspecified atom stereocenters. The third-order valence-corrected chi connectivity index (χ3v) is 0.737. The number of carbonyl (C=O) groups is 4. The van der Waals surface area contributed by atoms with Crippen molar-refractivity contribution in [2.24, 2.45) is 0 Å². The largest absolute Gasteiger partial charge is 0.478 e. The maximum absolute atomic E-state index is 9.55. The number of hydrogen-bond acceptors (Lipinski definition) is 4. The average molecular weight is 291 g/mol. The predicted molar refractivity (Wildman–Crippen MR) is 48.8 cm³/mol. The standard InChI is InChI=1S/2C4H4O4.Ni/c2*5-3(6)1-2-4(7)8;/h2*1-2H,(H,5,6)(H,7,8);/b2*2-1-;. The van der Waals surface area contributed by atoms with Gasteiger partial charge in [0.05, 0.1) is 0 Å². The Balaban J connectivity index is -0.000000218. The molecule has 0 saturated heterocycles. The summed E-state index contributed by atoms with van der Waals surface area (Å²) >= 11 is 0. The molecule has 0 bridgehead atoms. The van der Waals surface area contributed by atoms with Gasteiger partial charge >= 0.3 is 23.9 Å². The number of hydrogen-bond donors (Lipinski definition) is 4. The summed E-state index contributed by atoms with van der Waals surface area (Å²) in [6.45, 7) is 0. The average Bonchev–Trinajstić information content (AvgIpc) is 2.12. The summed E-state index contributed by atoms with van der Waals surface area (Å²) in [6.07, 6.45) is 2.23. The first-order valence-corrected chi connectivity index (χ1v) is 3.53. The molecule has 0 aliphatic carbocycles. The van der Waals surface area contributed by atoms with Gasteiger partial charge in [0.15, 0.2) is 0 Å². The second-order valence-electron chi connectivity index (χ2n) is 2.02. The van der Waals surface area contributed by atoms with Gasteiger partial charge in [0.25, 0.3) is 0 Å². The summed E-state index contributed by atoms with van der Waals surface area (Å²) in [5.41, 5.74) is 0. The van der Waals surface area contributed by atoms with Crippen LogP contribution in [0.4, 0.5) is 0 Å². The Morgan fingerprint density at radius 1 is 0.529 bits per heavy atom. The van der Waals surface area contributed by atoms with Crippen LogP contribution in [-0.4, -0.2) is 44.3 Å². The summed E-state index contributed by atoms with van der Waals surface area (Å²) in [4.78, 5) is 38.2. The zero-order valence-corrected chi connectivity index (χ0v) is 9.04. The van der Waals surface area contributed by atoms with Gasteiger partial charge in [-0.05, 0) is 0 Å². The van der Waals surface area contributed by atoms with Crippen LogP contribution >= 0.6 is 0 Å². The van der Waals surface area contributed by atoms with Crippen LogP contribution in [-0.2, 0) is 35.7 Å². The van der Waals surface area contributed by atoms with Gasteiger partial charge in [0.1, 0.15) is 0 Å². The van der Waals surface area contributed by atoms with Crippen LogP contribution in [0.3, 0.4) is 0 Å². The Kier molecular flexibility index (Phi) is 14.2. The molecule has 0 spiro atoms. The van der Waals surface area contributed by atoms with Gasteiger partial charge in [-0.1, -0.05) is 0 Å². The van der Waals surface area contributed by atoms with Crippen molar-refractivity contribution in [1.29, 1.82) is 0 Å². The summed E-state index contributed by atoms with van der Waals surface area (Å²) in [7, 11) is 0.